The topological polar surface area (TPSA) is 71.1 Å². The van der Waals surface area contributed by atoms with Crippen molar-refractivity contribution in [1.29, 1.82) is 0 Å². The second-order valence-electron chi connectivity index (χ2n) is 9.81. The number of piperazine rings is 1. The third-order valence-electron chi connectivity index (χ3n) is 6.26. The molecule has 33 heavy (non-hydrogen) atoms. The second-order valence-corrected chi connectivity index (χ2v) is 9.81. The van der Waals surface area contributed by atoms with Crippen LogP contribution in [0.3, 0.4) is 0 Å². The molecule has 176 valence electrons. The summed E-state index contributed by atoms with van der Waals surface area (Å²) in [4.78, 5) is 29.7. The van der Waals surface area contributed by atoms with Crippen LogP contribution < -0.4 is 14.8 Å². The van der Waals surface area contributed by atoms with Crippen molar-refractivity contribution in [3.63, 3.8) is 0 Å². The summed E-state index contributed by atoms with van der Waals surface area (Å²) in [6, 6.07) is 13.0. The number of ether oxygens (including phenoxy) is 2. The minimum Gasteiger partial charge on any atom is -0.454 e. The van der Waals surface area contributed by atoms with Crippen LogP contribution in [0.15, 0.2) is 42.5 Å². The van der Waals surface area contributed by atoms with Gasteiger partial charge in [0.25, 0.3) is 5.91 Å². The van der Waals surface area contributed by atoms with Crippen LogP contribution in [0.1, 0.15) is 49.2 Å². The fourth-order valence-electron chi connectivity index (χ4n) is 4.16. The molecule has 1 atom stereocenters. The van der Waals surface area contributed by atoms with Crippen LogP contribution >= 0.6 is 0 Å². The Balaban J connectivity index is 1.26. The molecule has 0 bridgehead atoms. The highest BCUT2D eigenvalue weighted by Crippen LogP contribution is 2.32. The Hall–Kier alpha value is -3.06. The van der Waals surface area contributed by atoms with E-state index in [1.165, 1.54) is 5.56 Å². The van der Waals surface area contributed by atoms with Crippen molar-refractivity contribution in [3.8, 4) is 11.5 Å². The van der Waals surface area contributed by atoms with Crippen molar-refractivity contribution >= 4 is 11.8 Å². The van der Waals surface area contributed by atoms with Gasteiger partial charge in [0.1, 0.15) is 6.04 Å². The third kappa shape index (κ3) is 5.47. The highest BCUT2D eigenvalue weighted by atomic mass is 16.7. The van der Waals surface area contributed by atoms with Gasteiger partial charge in [-0.05, 0) is 47.7 Å². The largest absolute Gasteiger partial charge is 0.454 e. The molecule has 2 aliphatic heterocycles. The van der Waals surface area contributed by atoms with Crippen LogP contribution in [0.5, 0.6) is 11.5 Å². The maximum atomic E-state index is 12.9. The average Bonchev–Trinajstić information content (AvgIpc) is 3.26. The molecule has 1 N–H and O–H groups in total. The highest BCUT2D eigenvalue weighted by Gasteiger charge is 2.26. The van der Waals surface area contributed by atoms with E-state index in [1.54, 1.807) is 6.92 Å². The van der Waals surface area contributed by atoms with Crippen molar-refractivity contribution in [1.82, 2.24) is 15.1 Å². The molecule has 1 saturated heterocycles. The molecule has 0 aromatic heterocycles. The first kappa shape index (κ1) is 23.1. The molecule has 2 aromatic carbocycles. The molecular weight excluding hydrogens is 418 g/mol. The molecule has 0 aliphatic carbocycles. The second kappa shape index (κ2) is 9.43. The Bertz CT molecular complexity index is 1010. The SMILES string of the molecule is CC(NC(=O)c1ccc(C(C)(C)C)cc1)C(=O)N1CCN(Cc2ccc3c(c2)OCO3)CC1. The summed E-state index contributed by atoms with van der Waals surface area (Å²) in [5, 5.41) is 2.86. The smallest absolute Gasteiger partial charge is 0.251 e. The normalized spacial score (nSPS) is 17.0. The van der Waals surface area contributed by atoms with Gasteiger partial charge in [0.2, 0.25) is 12.7 Å². The van der Waals surface area contributed by atoms with Gasteiger partial charge in [0.05, 0.1) is 0 Å². The van der Waals surface area contributed by atoms with Crippen molar-refractivity contribution in [2.24, 2.45) is 0 Å². The van der Waals surface area contributed by atoms with Gasteiger partial charge in [0, 0.05) is 38.3 Å². The van der Waals surface area contributed by atoms with Crippen LogP contribution in [0.4, 0.5) is 0 Å². The molecule has 1 fully saturated rings. The van der Waals surface area contributed by atoms with Crippen LogP contribution in [0.25, 0.3) is 0 Å². The summed E-state index contributed by atoms with van der Waals surface area (Å²) < 4.78 is 10.8. The molecule has 2 aliphatic rings. The number of nitrogens with zero attached hydrogens (tertiary/aromatic N) is 2. The molecule has 2 amide bonds. The molecule has 4 rings (SSSR count). The third-order valence-corrected chi connectivity index (χ3v) is 6.26. The monoisotopic (exact) mass is 451 g/mol. The maximum absolute atomic E-state index is 12.9. The standard InChI is InChI=1S/C26H33N3O4/c1-18(27-24(30)20-6-8-21(9-7-20)26(2,3)4)25(31)29-13-11-28(12-14-29)16-19-5-10-22-23(15-19)33-17-32-22/h5-10,15,18H,11-14,16-17H2,1-4H3,(H,27,30). The number of nitrogens with one attached hydrogen (secondary N) is 1. The molecule has 7 nitrogen and oxygen atoms in total. The zero-order valence-electron chi connectivity index (χ0n) is 19.9. The molecule has 1 unspecified atom stereocenters. The summed E-state index contributed by atoms with van der Waals surface area (Å²) in [7, 11) is 0. The van der Waals surface area contributed by atoms with Crippen molar-refractivity contribution in [3.05, 3.63) is 59.2 Å². The average molecular weight is 452 g/mol. The lowest BCUT2D eigenvalue weighted by Gasteiger charge is -2.36. The van der Waals surface area contributed by atoms with Crippen molar-refractivity contribution in [2.75, 3.05) is 33.0 Å². The number of amides is 2. The zero-order chi connectivity index (χ0) is 23.6. The van der Waals surface area contributed by atoms with Gasteiger partial charge >= 0.3 is 0 Å². The Morgan fingerprint density at radius 1 is 0.970 bits per heavy atom. The van der Waals surface area contributed by atoms with E-state index in [-0.39, 0.29) is 24.0 Å². The van der Waals surface area contributed by atoms with Crippen LogP contribution in [0, 0.1) is 0 Å². The Labute approximate surface area is 195 Å². The maximum Gasteiger partial charge on any atom is 0.251 e. The van der Waals surface area contributed by atoms with Gasteiger partial charge in [-0.3, -0.25) is 14.5 Å². The van der Waals surface area contributed by atoms with Gasteiger partial charge < -0.3 is 19.7 Å². The lowest BCUT2D eigenvalue weighted by Crippen LogP contribution is -2.53. The molecule has 7 heteroatoms. The summed E-state index contributed by atoms with van der Waals surface area (Å²) >= 11 is 0. The Morgan fingerprint density at radius 2 is 1.64 bits per heavy atom. The van der Waals surface area contributed by atoms with Gasteiger partial charge in [-0.2, -0.15) is 0 Å². The number of benzene rings is 2. The fraction of sp³-hybridized carbons (Fsp3) is 0.462. The number of hydrogen-bond donors (Lipinski definition) is 1. The van der Waals surface area contributed by atoms with E-state index < -0.39 is 6.04 Å². The fourth-order valence-corrected chi connectivity index (χ4v) is 4.16. The predicted octanol–water partition coefficient (Wildman–Crippen LogP) is 3.18. The predicted molar refractivity (Wildman–Crippen MR) is 126 cm³/mol. The first-order valence-electron chi connectivity index (χ1n) is 11.5. The van der Waals surface area contributed by atoms with E-state index >= 15 is 0 Å². The van der Waals surface area contributed by atoms with Gasteiger partial charge in [-0.25, -0.2) is 0 Å². The summed E-state index contributed by atoms with van der Waals surface area (Å²) in [5.41, 5.74) is 2.93. The number of fused-ring (bicyclic) bond motifs is 1. The van der Waals surface area contributed by atoms with Crippen LogP contribution in [0.2, 0.25) is 0 Å². The molecular formula is C26H33N3O4. The van der Waals surface area contributed by atoms with E-state index in [4.69, 9.17) is 9.47 Å². The van der Waals surface area contributed by atoms with E-state index in [0.717, 1.165) is 36.7 Å². The van der Waals surface area contributed by atoms with Crippen molar-refractivity contribution < 1.29 is 19.1 Å². The minimum atomic E-state index is -0.569. The van der Waals surface area contributed by atoms with Crippen LogP contribution in [-0.4, -0.2) is 60.6 Å². The Morgan fingerprint density at radius 3 is 2.30 bits per heavy atom. The zero-order valence-corrected chi connectivity index (χ0v) is 19.9. The quantitative estimate of drug-likeness (QED) is 0.756. The number of carbonyl (C=O) groups excluding carboxylic acids is 2. The van der Waals surface area contributed by atoms with E-state index in [2.05, 4.69) is 37.1 Å². The molecule has 0 spiro atoms. The van der Waals surface area contributed by atoms with Crippen molar-refractivity contribution in [2.45, 2.75) is 45.7 Å². The number of carbonyl (C=O) groups is 2. The molecule has 0 saturated carbocycles. The van der Waals surface area contributed by atoms with E-state index in [9.17, 15) is 9.59 Å². The lowest BCUT2D eigenvalue weighted by molar-refractivity contribution is -0.134. The number of rotatable bonds is 5. The van der Waals surface area contributed by atoms with Gasteiger partial charge in [-0.1, -0.05) is 39.0 Å². The first-order valence-corrected chi connectivity index (χ1v) is 11.5. The molecule has 0 radical (unpaired) electrons. The Kier molecular flexibility index (Phi) is 6.61. The first-order chi connectivity index (χ1) is 15.7. The van der Waals surface area contributed by atoms with E-state index in [1.807, 2.05) is 41.3 Å². The van der Waals surface area contributed by atoms with Crippen LogP contribution in [-0.2, 0) is 16.8 Å². The summed E-state index contributed by atoms with van der Waals surface area (Å²) in [6.45, 7) is 12.1. The molecule has 2 aromatic rings. The van der Waals surface area contributed by atoms with E-state index in [0.29, 0.717) is 18.7 Å². The lowest BCUT2D eigenvalue weighted by atomic mass is 9.86. The van der Waals surface area contributed by atoms with Gasteiger partial charge in [-0.15, -0.1) is 0 Å². The summed E-state index contributed by atoms with van der Waals surface area (Å²) in [6.07, 6.45) is 0. The highest BCUT2D eigenvalue weighted by molar-refractivity contribution is 5.97. The molecule has 2 heterocycles. The van der Waals surface area contributed by atoms with Gasteiger partial charge in [0.15, 0.2) is 11.5 Å². The number of hydrogen-bond acceptors (Lipinski definition) is 5. The summed E-state index contributed by atoms with van der Waals surface area (Å²) in [5.74, 6) is 1.31. The minimum absolute atomic E-state index is 0.0309.